The number of hydrogen-bond donors (Lipinski definition) is 2. The molecule has 1 aliphatic heterocycles. The van der Waals surface area contributed by atoms with Crippen LogP contribution in [0.4, 0.5) is 0 Å². The van der Waals surface area contributed by atoms with E-state index in [0.29, 0.717) is 12.8 Å². The van der Waals surface area contributed by atoms with Crippen LogP contribution in [0, 0.1) is 5.92 Å². The van der Waals surface area contributed by atoms with E-state index in [9.17, 15) is 0 Å². The van der Waals surface area contributed by atoms with Crippen molar-refractivity contribution >= 4 is 0 Å². The highest BCUT2D eigenvalue weighted by Crippen LogP contribution is 2.37. The summed E-state index contributed by atoms with van der Waals surface area (Å²) < 4.78 is 10.7. The molecule has 1 saturated carbocycles. The van der Waals surface area contributed by atoms with E-state index in [-0.39, 0.29) is 12.6 Å². The molecule has 2 atom stereocenters. The monoisotopic (exact) mass is 263 g/mol. The molecule has 1 aromatic rings. The molecule has 0 saturated heterocycles. The first-order valence-electron chi connectivity index (χ1n) is 7.04. The van der Waals surface area contributed by atoms with Crippen molar-refractivity contribution in [1.82, 2.24) is 5.32 Å². The topological polar surface area (TPSA) is 50.7 Å². The molecule has 2 unspecified atom stereocenters. The standard InChI is InChI=1S/C15H21NO3/c1-10(16-13(6-7-17)11-2-3-11)12-4-5-14-15(8-12)19-9-18-14/h4-5,8,10-11,13,16-17H,2-3,6-7,9H2,1H3. The smallest absolute Gasteiger partial charge is 0.231 e. The second-order valence-corrected chi connectivity index (χ2v) is 5.46. The van der Waals surface area contributed by atoms with Crippen LogP contribution in [0.5, 0.6) is 11.5 Å². The minimum Gasteiger partial charge on any atom is -0.454 e. The lowest BCUT2D eigenvalue weighted by Crippen LogP contribution is -2.34. The van der Waals surface area contributed by atoms with Crippen LogP contribution in [-0.4, -0.2) is 24.5 Å². The van der Waals surface area contributed by atoms with Crippen molar-refractivity contribution in [2.75, 3.05) is 13.4 Å². The Morgan fingerprint density at radius 1 is 1.32 bits per heavy atom. The molecule has 0 bridgehead atoms. The molecule has 0 amide bonds. The summed E-state index contributed by atoms with van der Waals surface area (Å²) in [6.07, 6.45) is 3.40. The van der Waals surface area contributed by atoms with Gasteiger partial charge in [-0.25, -0.2) is 0 Å². The maximum Gasteiger partial charge on any atom is 0.231 e. The Morgan fingerprint density at radius 3 is 2.84 bits per heavy atom. The van der Waals surface area contributed by atoms with Gasteiger partial charge in [0.05, 0.1) is 0 Å². The van der Waals surface area contributed by atoms with Gasteiger partial charge in [-0.05, 0) is 49.8 Å². The lowest BCUT2D eigenvalue weighted by Gasteiger charge is -2.23. The van der Waals surface area contributed by atoms with E-state index >= 15 is 0 Å². The van der Waals surface area contributed by atoms with Crippen molar-refractivity contribution < 1.29 is 14.6 Å². The minimum atomic E-state index is 0.252. The van der Waals surface area contributed by atoms with Crippen molar-refractivity contribution in [3.8, 4) is 11.5 Å². The molecule has 104 valence electrons. The number of nitrogens with one attached hydrogen (secondary N) is 1. The second kappa shape index (κ2) is 5.39. The van der Waals surface area contributed by atoms with Crippen LogP contribution in [-0.2, 0) is 0 Å². The molecule has 1 fully saturated rings. The van der Waals surface area contributed by atoms with Crippen LogP contribution < -0.4 is 14.8 Å². The van der Waals surface area contributed by atoms with Gasteiger partial charge >= 0.3 is 0 Å². The first-order valence-corrected chi connectivity index (χ1v) is 7.04. The molecule has 4 heteroatoms. The fourth-order valence-electron chi connectivity index (χ4n) is 2.69. The summed E-state index contributed by atoms with van der Waals surface area (Å²) >= 11 is 0. The predicted octanol–water partition coefficient (Wildman–Crippen LogP) is 2.23. The Morgan fingerprint density at radius 2 is 2.11 bits per heavy atom. The maximum absolute atomic E-state index is 9.15. The van der Waals surface area contributed by atoms with Crippen molar-refractivity contribution in [2.45, 2.75) is 38.3 Å². The second-order valence-electron chi connectivity index (χ2n) is 5.46. The maximum atomic E-state index is 9.15. The molecule has 1 aliphatic carbocycles. The highest BCUT2D eigenvalue weighted by Gasteiger charge is 2.31. The van der Waals surface area contributed by atoms with Gasteiger partial charge < -0.3 is 19.9 Å². The average molecular weight is 263 g/mol. The third kappa shape index (κ3) is 2.85. The van der Waals surface area contributed by atoms with E-state index in [4.69, 9.17) is 14.6 Å². The molecule has 0 aromatic heterocycles. The summed E-state index contributed by atoms with van der Waals surface area (Å²) in [5, 5.41) is 12.8. The summed E-state index contributed by atoms with van der Waals surface area (Å²) in [5.74, 6) is 2.39. The van der Waals surface area contributed by atoms with Crippen LogP contribution >= 0.6 is 0 Å². The highest BCUT2D eigenvalue weighted by molar-refractivity contribution is 5.45. The average Bonchev–Trinajstić information content (AvgIpc) is 3.15. The van der Waals surface area contributed by atoms with Crippen molar-refractivity contribution in [3.05, 3.63) is 23.8 Å². The molecule has 3 rings (SSSR count). The van der Waals surface area contributed by atoms with Gasteiger partial charge in [0.25, 0.3) is 0 Å². The van der Waals surface area contributed by atoms with E-state index in [0.717, 1.165) is 23.8 Å². The molecule has 2 aliphatic rings. The van der Waals surface area contributed by atoms with Crippen molar-refractivity contribution in [2.24, 2.45) is 5.92 Å². The van der Waals surface area contributed by atoms with Gasteiger partial charge in [-0.15, -0.1) is 0 Å². The predicted molar refractivity (Wildman–Crippen MR) is 72.3 cm³/mol. The lowest BCUT2D eigenvalue weighted by atomic mass is 10.0. The quantitative estimate of drug-likeness (QED) is 0.826. The van der Waals surface area contributed by atoms with E-state index in [1.807, 2.05) is 12.1 Å². The summed E-state index contributed by atoms with van der Waals surface area (Å²) in [7, 11) is 0. The molecular formula is C15H21NO3. The number of aliphatic hydroxyl groups excluding tert-OH is 1. The summed E-state index contributed by atoms with van der Waals surface area (Å²) in [5.41, 5.74) is 1.20. The zero-order valence-corrected chi connectivity index (χ0v) is 11.3. The number of rotatable bonds is 6. The van der Waals surface area contributed by atoms with E-state index in [1.165, 1.54) is 18.4 Å². The third-order valence-electron chi connectivity index (χ3n) is 3.99. The van der Waals surface area contributed by atoms with Gasteiger partial charge in [0.15, 0.2) is 11.5 Å². The number of hydrogen-bond acceptors (Lipinski definition) is 4. The van der Waals surface area contributed by atoms with E-state index in [1.54, 1.807) is 0 Å². The Bertz CT molecular complexity index is 445. The number of aliphatic hydroxyl groups is 1. The molecule has 4 nitrogen and oxygen atoms in total. The fourth-order valence-corrected chi connectivity index (χ4v) is 2.69. The van der Waals surface area contributed by atoms with Gasteiger partial charge in [-0.1, -0.05) is 6.07 Å². The molecule has 2 N–H and O–H groups in total. The van der Waals surface area contributed by atoms with Gasteiger partial charge in [-0.2, -0.15) is 0 Å². The van der Waals surface area contributed by atoms with Crippen molar-refractivity contribution in [1.29, 1.82) is 0 Å². The third-order valence-corrected chi connectivity index (χ3v) is 3.99. The van der Waals surface area contributed by atoms with E-state index in [2.05, 4.69) is 18.3 Å². The Labute approximate surface area is 113 Å². The van der Waals surface area contributed by atoms with Crippen molar-refractivity contribution in [3.63, 3.8) is 0 Å². The van der Waals surface area contributed by atoms with Crippen LogP contribution in [0.1, 0.15) is 37.8 Å². The molecule has 19 heavy (non-hydrogen) atoms. The Kier molecular flexibility index (Phi) is 3.62. The fraction of sp³-hybridized carbons (Fsp3) is 0.600. The van der Waals surface area contributed by atoms with Crippen LogP contribution in [0.3, 0.4) is 0 Å². The Balaban J connectivity index is 1.67. The first kappa shape index (κ1) is 12.8. The minimum absolute atomic E-state index is 0.252. The molecule has 0 spiro atoms. The lowest BCUT2D eigenvalue weighted by molar-refractivity contribution is 0.174. The number of fused-ring (bicyclic) bond motifs is 1. The highest BCUT2D eigenvalue weighted by atomic mass is 16.7. The molecule has 1 aromatic carbocycles. The summed E-state index contributed by atoms with van der Waals surface area (Å²) in [4.78, 5) is 0. The van der Waals surface area contributed by atoms with Gasteiger partial charge in [0, 0.05) is 18.7 Å². The summed E-state index contributed by atoms with van der Waals surface area (Å²) in [6, 6.07) is 6.77. The molecule has 0 radical (unpaired) electrons. The normalized spacial score (nSPS) is 20.3. The van der Waals surface area contributed by atoms with E-state index < -0.39 is 0 Å². The first-order chi connectivity index (χ1) is 9.28. The van der Waals surface area contributed by atoms with Crippen LogP contribution in [0.15, 0.2) is 18.2 Å². The van der Waals surface area contributed by atoms with Gasteiger partial charge in [0.2, 0.25) is 6.79 Å². The largest absolute Gasteiger partial charge is 0.454 e. The zero-order valence-electron chi connectivity index (χ0n) is 11.3. The number of ether oxygens (including phenoxy) is 2. The van der Waals surface area contributed by atoms with Gasteiger partial charge in [0.1, 0.15) is 0 Å². The molecule has 1 heterocycles. The molecular weight excluding hydrogens is 242 g/mol. The zero-order chi connectivity index (χ0) is 13.2. The van der Waals surface area contributed by atoms with Crippen LogP contribution in [0.25, 0.3) is 0 Å². The van der Waals surface area contributed by atoms with Crippen LogP contribution in [0.2, 0.25) is 0 Å². The van der Waals surface area contributed by atoms with Gasteiger partial charge in [-0.3, -0.25) is 0 Å². The number of benzene rings is 1. The summed E-state index contributed by atoms with van der Waals surface area (Å²) in [6.45, 7) is 2.72. The Hall–Kier alpha value is -1.26. The SMILES string of the molecule is CC(NC(CCO)C1CC1)c1ccc2c(c1)OCO2.